The number of aliphatic hydroxyl groups is 1. The second-order valence-electron chi connectivity index (χ2n) is 4.43. The number of benzene rings is 2. The third-order valence-corrected chi connectivity index (χ3v) is 3.03. The van der Waals surface area contributed by atoms with Crippen molar-refractivity contribution in [2.75, 3.05) is 13.7 Å². The van der Waals surface area contributed by atoms with Gasteiger partial charge in [0, 0.05) is 11.1 Å². The number of carbonyl (C=O) groups excluding carboxylic acids is 1. The van der Waals surface area contributed by atoms with Crippen LogP contribution in [0.1, 0.15) is 11.1 Å². The van der Waals surface area contributed by atoms with E-state index in [0.717, 1.165) is 11.1 Å². The first-order chi connectivity index (χ1) is 10.3. The number of rotatable bonds is 5. The minimum Gasteiger partial charge on any atom is -0.467 e. The van der Waals surface area contributed by atoms with Crippen LogP contribution < -0.4 is 0 Å². The van der Waals surface area contributed by atoms with Gasteiger partial charge in [-0.3, -0.25) is 4.99 Å². The highest BCUT2D eigenvalue weighted by Crippen LogP contribution is 2.12. The molecule has 2 aromatic rings. The monoisotopic (exact) mass is 283 g/mol. The highest BCUT2D eigenvalue weighted by molar-refractivity contribution is 6.13. The molecule has 1 N–H and O–H groups in total. The number of nitrogens with zero attached hydrogens (tertiary/aromatic N) is 1. The first kappa shape index (κ1) is 14.9. The molecule has 2 rings (SSSR count). The number of aliphatic hydroxyl groups excluding tert-OH is 1. The smallest absolute Gasteiger partial charge is 0.333 e. The number of carbonyl (C=O) groups is 1. The van der Waals surface area contributed by atoms with Gasteiger partial charge < -0.3 is 9.84 Å². The van der Waals surface area contributed by atoms with Crippen LogP contribution in [0.25, 0.3) is 0 Å². The summed E-state index contributed by atoms with van der Waals surface area (Å²) in [5.41, 5.74) is 2.41. The van der Waals surface area contributed by atoms with Crippen LogP contribution in [0.15, 0.2) is 65.7 Å². The van der Waals surface area contributed by atoms with Crippen molar-refractivity contribution < 1.29 is 14.6 Å². The van der Waals surface area contributed by atoms with Gasteiger partial charge in [0.2, 0.25) is 0 Å². The minimum atomic E-state index is -0.926. The Morgan fingerprint density at radius 2 is 1.52 bits per heavy atom. The van der Waals surface area contributed by atoms with Crippen molar-refractivity contribution in [3.05, 3.63) is 71.8 Å². The van der Waals surface area contributed by atoms with Crippen LogP contribution in [0.2, 0.25) is 0 Å². The Hall–Kier alpha value is -2.46. The summed E-state index contributed by atoms with van der Waals surface area (Å²) < 4.78 is 4.67. The summed E-state index contributed by atoms with van der Waals surface area (Å²) in [4.78, 5) is 16.0. The fourth-order valence-corrected chi connectivity index (χ4v) is 1.97. The molecule has 0 aliphatic heterocycles. The number of ether oxygens (including phenoxy) is 1. The molecule has 0 bridgehead atoms. The summed E-state index contributed by atoms with van der Waals surface area (Å²) in [6, 6.07) is 18.2. The molecule has 0 unspecified atom stereocenters. The van der Waals surface area contributed by atoms with Gasteiger partial charge in [-0.2, -0.15) is 0 Å². The van der Waals surface area contributed by atoms with Gasteiger partial charge >= 0.3 is 5.97 Å². The van der Waals surface area contributed by atoms with E-state index in [1.165, 1.54) is 7.11 Å². The van der Waals surface area contributed by atoms with Crippen molar-refractivity contribution >= 4 is 11.7 Å². The lowest BCUT2D eigenvalue weighted by Gasteiger charge is -2.12. The molecule has 0 amide bonds. The van der Waals surface area contributed by atoms with E-state index in [-0.39, 0.29) is 0 Å². The Kier molecular flexibility index (Phi) is 5.23. The molecule has 0 spiro atoms. The molecule has 1 atom stereocenters. The minimum absolute atomic E-state index is 0.393. The molecule has 2 aromatic carbocycles. The average molecular weight is 283 g/mol. The van der Waals surface area contributed by atoms with Crippen molar-refractivity contribution in [1.82, 2.24) is 0 Å². The van der Waals surface area contributed by atoms with E-state index in [9.17, 15) is 9.90 Å². The molecule has 4 nitrogen and oxygen atoms in total. The van der Waals surface area contributed by atoms with Gasteiger partial charge in [0.25, 0.3) is 0 Å². The number of hydrogen-bond acceptors (Lipinski definition) is 4. The fourth-order valence-electron chi connectivity index (χ4n) is 1.97. The maximum absolute atomic E-state index is 11.7. The van der Waals surface area contributed by atoms with E-state index in [1.54, 1.807) is 0 Å². The summed E-state index contributed by atoms with van der Waals surface area (Å²) in [7, 11) is 1.28. The van der Waals surface area contributed by atoms with E-state index in [0.29, 0.717) is 5.71 Å². The van der Waals surface area contributed by atoms with Crippen molar-refractivity contribution in [2.24, 2.45) is 4.99 Å². The third kappa shape index (κ3) is 3.77. The van der Waals surface area contributed by atoms with E-state index in [1.807, 2.05) is 60.7 Å². The van der Waals surface area contributed by atoms with E-state index < -0.39 is 18.6 Å². The standard InChI is InChI=1S/C17H17NO3/c1-21-17(20)15(12-19)18-16(13-8-4-2-5-9-13)14-10-6-3-7-11-14/h2-11,15,19H,12H2,1H3/t15-/m1/s1. The zero-order valence-electron chi connectivity index (χ0n) is 11.8. The van der Waals surface area contributed by atoms with Crippen molar-refractivity contribution in [3.8, 4) is 0 Å². The van der Waals surface area contributed by atoms with Gasteiger partial charge in [-0.05, 0) is 0 Å². The number of esters is 1. The molecular weight excluding hydrogens is 266 g/mol. The van der Waals surface area contributed by atoms with Gasteiger partial charge in [-0.25, -0.2) is 4.79 Å². The molecule has 4 heteroatoms. The summed E-state index contributed by atoms with van der Waals surface area (Å²) >= 11 is 0. The van der Waals surface area contributed by atoms with E-state index >= 15 is 0 Å². The van der Waals surface area contributed by atoms with Crippen molar-refractivity contribution in [2.45, 2.75) is 6.04 Å². The third-order valence-electron chi connectivity index (χ3n) is 3.03. The largest absolute Gasteiger partial charge is 0.467 e. The predicted octanol–water partition coefficient (Wildman–Crippen LogP) is 2.06. The Morgan fingerprint density at radius 3 is 1.90 bits per heavy atom. The normalized spacial score (nSPS) is 11.5. The molecule has 0 saturated carbocycles. The van der Waals surface area contributed by atoms with Crippen LogP contribution >= 0.6 is 0 Å². The molecule has 0 radical (unpaired) electrons. The zero-order chi connectivity index (χ0) is 15.1. The molecule has 0 heterocycles. The van der Waals surface area contributed by atoms with Gasteiger partial charge in [-0.15, -0.1) is 0 Å². The van der Waals surface area contributed by atoms with Gasteiger partial charge in [0.05, 0.1) is 19.4 Å². The molecule has 0 aromatic heterocycles. The van der Waals surface area contributed by atoms with Crippen LogP contribution in [0, 0.1) is 0 Å². The maximum atomic E-state index is 11.7. The Balaban J connectivity index is 2.48. The summed E-state index contributed by atoms with van der Waals surface area (Å²) in [5.74, 6) is -0.554. The first-order valence-electron chi connectivity index (χ1n) is 6.63. The fraction of sp³-hybridized carbons (Fsp3) is 0.176. The quantitative estimate of drug-likeness (QED) is 0.675. The van der Waals surface area contributed by atoms with E-state index in [4.69, 9.17) is 0 Å². The number of aliphatic imine (C=N–C) groups is 1. The summed E-state index contributed by atoms with van der Waals surface area (Å²) in [5, 5.41) is 9.36. The lowest BCUT2D eigenvalue weighted by atomic mass is 10.0. The van der Waals surface area contributed by atoms with Crippen LogP contribution in [0.4, 0.5) is 0 Å². The summed E-state index contributed by atoms with van der Waals surface area (Å²) in [6.45, 7) is -0.393. The van der Waals surface area contributed by atoms with Crippen LogP contribution in [-0.2, 0) is 9.53 Å². The lowest BCUT2D eigenvalue weighted by molar-refractivity contribution is -0.142. The molecule has 0 aliphatic carbocycles. The highest BCUT2D eigenvalue weighted by atomic mass is 16.5. The van der Waals surface area contributed by atoms with Crippen molar-refractivity contribution in [1.29, 1.82) is 0 Å². The molecular formula is C17H17NO3. The Morgan fingerprint density at radius 1 is 1.05 bits per heavy atom. The number of methoxy groups -OCH3 is 1. The highest BCUT2D eigenvalue weighted by Gasteiger charge is 2.19. The molecule has 0 saturated heterocycles. The molecule has 0 aliphatic rings. The van der Waals surface area contributed by atoms with Crippen LogP contribution in [0.3, 0.4) is 0 Å². The SMILES string of the molecule is COC(=O)[C@@H](CO)N=C(c1ccccc1)c1ccccc1. The summed E-state index contributed by atoms with van der Waals surface area (Å²) in [6.07, 6.45) is 0. The van der Waals surface area contributed by atoms with Crippen molar-refractivity contribution in [3.63, 3.8) is 0 Å². The molecule has 21 heavy (non-hydrogen) atoms. The molecule has 108 valence electrons. The average Bonchev–Trinajstić information content (AvgIpc) is 2.57. The maximum Gasteiger partial charge on any atom is 0.333 e. The topological polar surface area (TPSA) is 58.9 Å². The van der Waals surface area contributed by atoms with E-state index in [2.05, 4.69) is 9.73 Å². The lowest BCUT2D eigenvalue weighted by Crippen LogP contribution is -2.26. The zero-order valence-corrected chi connectivity index (χ0v) is 11.8. The predicted molar refractivity (Wildman–Crippen MR) is 81.4 cm³/mol. The van der Waals surface area contributed by atoms with Gasteiger partial charge in [0.1, 0.15) is 0 Å². The number of hydrogen-bond donors (Lipinski definition) is 1. The van der Waals surface area contributed by atoms with Gasteiger partial charge in [0.15, 0.2) is 6.04 Å². The van der Waals surface area contributed by atoms with Crippen LogP contribution in [0.5, 0.6) is 0 Å². The Labute approximate surface area is 123 Å². The van der Waals surface area contributed by atoms with Crippen LogP contribution in [-0.4, -0.2) is 36.5 Å². The Bertz CT molecular complexity index is 567. The van der Waals surface area contributed by atoms with Gasteiger partial charge in [-0.1, -0.05) is 60.7 Å². The first-order valence-corrected chi connectivity index (χ1v) is 6.63. The molecule has 0 fully saturated rings. The second-order valence-corrected chi connectivity index (χ2v) is 4.43. The second kappa shape index (κ2) is 7.36.